The average molecular weight is 390 g/mol. The third-order valence-corrected chi connectivity index (χ3v) is 6.61. The van der Waals surface area contributed by atoms with Crippen molar-refractivity contribution in [2.45, 2.75) is 65.3 Å². The lowest BCUT2D eigenvalue weighted by Crippen LogP contribution is -2.12. The van der Waals surface area contributed by atoms with E-state index in [0.29, 0.717) is 11.5 Å². The van der Waals surface area contributed by atoms with Crippen molar-refractivity contribution in [3.63, 3.8) is 0 Å². The summed E-state index contributed by atoms with van der Waals surface area (Å²) in [4.78, 5) is 12.1. The number of benzene rings is 2. The summed E-state index contributed by atoms with van der Waals surface area (Å²) in [5.41, 5.74) is 6.61. The molecule has 1 heterocycles. The van der Waals surface area contributed by atoms with Crippen molar-refractivity contribution >= 4 is 16.9 Å². The number of aryl methyl sites for hydroxylation is 2. The summed E-state index contributed by atoms with van der Waals surface area (Å²) < 4.78 is 2.33. The van der Waals surface area contributed by atoms with Crippen LogP contribution in [0.5, 0.6) is 0 Å². The van der Waals surface area contributed by atoms with Gasteiger partial charge in [0, 0.05) is 17.6 Å². The van der Waals surface area contributed by atoms with Gasteiger partial charge in [-0.3, -0.25) is 0 Å². The van der Waals surface area contributed by atoms with Crippen LogP contribution in [-0.4, -0.2) is 15.6 Å². The molecule has 1 aliphatic rings. The topological polar surface area (TPSA) is 42.2 Å². The van der Waals surface area contributed by atoms with Gasteiger partial charge in [0.1, 0.15) is 0 Å². The van der Waals surface area contributed by atoms with Crippen LogP contribution in [0.4, 0.5) is 0 Å². The summed E-state index contributed by atoms with van der Waals surface area (Å²) in [5, 5.41) is 11.0. The zero-order valence-corrected chi connectivity index (χ0v) is 17.6. The number of aromatic carboxylic acids is 1. The van der Waals surface area contributed by atoms with Crippen molar-refractivity contribution in [3.05, 3.63) is 70.4 Å². The zero-order valence-electron chi connectivity index (χ0n) is 17.6. The molecule has 0 amide bonds. The molecule has 3 aromatic rings. The predicted octanol–water partition coefficient (Wildman–Crippen LogP) is 6.38. The minimum absolute atomic E-state index is 0.425. The SMILES string of the molecule is CCCCC1CCCc2c(n(Cc3ccccc3C)c3c(C(=O)O)cccc23)C1. The summed E-state index contributed by atoms with van der Waals surface area (Å²) in [5.74, 6) is -0.138. The summed E-state index contributed by atoms with van der Waals surface area (Å²) >= 11 is 0. The standard InChI is InChI=1S/C26H31NO2/c1-3-4-10-19-11-7-13-21-22-14-8-15-23(26(28)29)25(22)27(24(21)16-19)17-20-12-6-5-9-18(20)2/h5-6,8-9,12,14-15,19H,3-4,7,10-11,13,16-17H2,1-2H3,(H,28,29). The van der Waals surface area contributed by atoms with E-state index in [0.717, 1.165) is 30.3 Å². The van der Waals surface area contributed by atoms with Crippen LogP contribution in [0, 0.1) is 12.8 Å². The first kappa shape index (κ1) is 19.8. The smallest absolute Gasteiger partial charge is 0.337 e. The number of aromatic nitrogens is 1. The maximum absolute atomic E-state index is 12.1. The monoisotopic (exact) mass is 389 g/mol. The molecule has 3 heteroatoms. The predicted molar refractivity (Wildman–Crippen MR) is 119 cm³/mol. The highest BCUT2D eigenvalue weighted by Crippen LogP contribution is 2.37. The number of unbranched alkanes of at least 4 members (excludes halogenated alkanes) is 1. The molecule has 0 saturated heterocycles. The Bertz CT molecular complexity index is 1030. The van der Waals surface area contributed by atoms with Crippen LogP contribution < -0.4 is 0 Å². The highest BCUT2D eigenvalue weighted by Gasteiger charge is 2.26. The van der Waals surface area contributed by atoms with Gasteiger partial charge in [-0.05, 0) is 61.3 Å². The molecule has 0 saturated carbocycles. The first-order valence-corrected chi connectivity index (χ1v) is 11.0. The van der Waals surface area contributed by atoms with Gasteiger partial charge in [-0.2, -0.15) is 0 Å². The van der Waals surface area contributed by atoms with E-state index in [2.05, 4.69) is 48.7 Å². The summed E-state index contributed by atoms with van der Waals surface area (Å²) in [7, 11) is 0. The van der Waals surface area contributed by atoms with Gasteiger partial charge in [-0.25, -0.2) is 4.79 Å². The maximum atomic E-state index is 12.1. The molecule has 3 nitrogen and oxygen atoms in total. The zero-order chi connectivity index (χ0) is 20.4. The number of fused-ring (bicyclic) bond motifs is 3. The Morgan fingerprint density at radius 2 is 2.00 bits per heavy atom. The first-order valence-electron chi connectivity index (χ1n) is 11.0. The average Bonchev–Trinajstić information content (AvgIpc) is 2.87. The van der Waals surface area contributed by atoms with Gasteiger partial charge in [0.2, 0.25) is 0 Å². The molecule has 0 radical (unpaired) electrons. The van der Waals surface area contributed by atoms with E-state index in [-0.39, 0.29) is 0 Å². The molecule has 1 aromatic heterocycles. The van der Waals surface area contributed by atoms with E-state index in [1.807, 2.05) is 6.07 Å². The van der Waals surface area contributed by atoms with E-state index >= 15 is 0 Å². The van der Waals surface area contributed by atoms with Crippen LogP contribution in [0.2, 0.25) is 0 Å². The number of carboxylic acid groups (broad SMARTS) is 1. The fraction of sp³-hybridized carbons (Fsp3) is 0.423. The normalized spacial score (nSPS) is 16.6. The van der Waals surface area contributed by atoms with Crippen molar-refractivity contribution in [1.82, 2.24) is 4.57 Å². The van der Waals surface area contributed by atoms with Crippen LogP contribution in [0.25, 0.3) is 10.9 Å². The second kappa shape index (κ2) is 8.44. The van der Waals surface area contributed by atoms with Crippen LogP contribution in [0.15, 0.2) is 42.5 Å². The van der Waals surface area contributed by atoms with Crippen LogP contribution in [0.1, 0.15) is 71.8 Å². The Hall–Kier alpha value is -2.55. The number of carboxylic acids is 1. The molecule has 4 rings (SSSR count). The van der Waals surface area contributed by atoms with E-state index in [1.165, 1.54) is 54.5 Å². The number of carbonyl (C=O) groups is 1. The van der Waals surface area contributed by atoms with Crippen molar-refractivity contribution in [2.75, 3.05) is 0 Å². The fourth-order valence-electron chi connectivity index (χ4n) is 5.03. The Morgan fingerprint density at radius 1 is 1.17 bits per heavy atom. The lowest BCUT2D eigenvalue weighted by Gasteiger charge is -2.18. The third kappa shape index (κ3) is 3.83. The van der Waals surface area contributed by atoms with Gasteiger partial charge in [0.15, 0.2) is 0 Å². The second-order valence-electron chi connectivity index (χ2n) is 8.55. The molecular formula is C26H31NO2. The van der Waals surface area contributed by atoms with Crippen molar-refractivity contribution < 1.29 is 9.90 Å². The maximum Gasteiger partial charge on any atom is 0.337 e. The summed E-state index contributed by atoms with van der Waals surface area (Å²) in [6, 6.07) is 14.2. The highest BCUT2D eigenvalue weighted by atomic mass is 16.4. The van der Waals surface area contributed by atoms with Crippen molar-refractivity contribution in [3.8, 4) is 0 Å². The Labute approximate surface area is 173 Å². The lowest BCUT2D eigenvalue weighted by molar-refractivity contribution is 0.0698. The van der Waals surface area contributed by atoms with E-state index in [9.17, 15) is 9.90 Å². The minimum atomic E-state index is -0.836. The molecule has 0 fully saturated rings. The quantitative estimate of drug-likeness (QED) is 0.497. The van der Waals surface area contributed by atoms with Gasteiger partial charge in [0.05, 0.1) is 11.1 Å². The molecule has 1 aliphatic carbocycles. The van der Waals surface area contributed by atoms with Gasteiger partial charge in [-0.1, -0.05) is 62.6 Å². The number of hydrogen-bond donors (Lipinski definition) is 1. The minimum Gasteiger partial charge on any atom is -0.478 e. The molecule has 1 N–H and O–H groups in total. The summed E-state index contributed by atoms with van der Waals surface area (Å²) in [6.45, 7) is 5.14. The Kier molecular flexibility index (Phi) is 5.75. The number of hydrogen-bond acceptors (Lipinski definition) is 1. The summed E-state index contributed by atoms with van der Waals surface area (Å²) in [6.07, 6.45) is 8.37. The number of rotatable bonds is 6. The Balaban J connectivity index is 1.90. The van der Waals surface area contributed by atoms with E-state index < -0.39 is 5.97 Å². The molecule has 1 atom stereocenters. The fourth-order valence-corrected chi connectivity index (χ4v) is 5.03. The van der Waals surface area contributed by atoms with Crippen LogP contribution in [-0.2, 0) is 19.4 Å². The van der Waals surface area contributed by atoms with Gasteiger partial charge < -0.3 is 9.67 Å². The molecule has 152 valence electrons. The molecule has 0 spiro atoms. The largest absolute Gasteiger partial charge is 0.478 e. The van der Waals surface area contributed by atoms with Gasteiger partial charge in [-0.15, -0.1) is 0 Å². The van der Waals surface area contributed by atoms with E-state index in [4.69, 9.17) is 0 Å². The van der Waals surface area contributed by atoms with Crippen LogP contribution >= 0.6 is 0 Å². The van der Waals surface area contributed by atoms with E-state index in [1.54, 1.807) is 6.07 Å². The number of nitrogens with zero attached hydrogens (tertiary/aromatic N) is 1. The third-order valence-electron chi connectivity index (χ3n) is 6.61. The second-order valence-corrected chi connectivity index (χ2v) is 8.55. The molecule has 0 aliphatic heterocycles. The molecule has 1 unspecified atom stereocenters. The lowest BCUT2D eigenvalue weighted by atomic mass is 9.94. The van der Waals surface area contributed by atoms with Gasteiger partial charge in [0.25, 0.3) is 0 Å². The molecule has 2 aromatic carbocycles. The van der Waals surface area contributed by atoms with Crippen molar-refractivity contribution in [1.29, 1.82) is 0 Å². The van der Waals surface area contributed by atoms with Crippen LogP contribution in [0.3, 0.4) is 0 Å². The number of para-hydroxylation sites is 1. The molecule has 0 bridgehead atoms. The molecule has 29 heavy (non-hydrogen) atoms. The van der Waals surface area contributed by atoms with Crippen molar-refractivity contribution in [2.24, 2.45) is 5.92 Å². The Morgan fingerprint density at radius 3 is 2.76 bits per heavy atom. The highest BCUT2D eigenvalue weighted by molar-refractivity contribution is 6.04. The van der Waals surface area contributed by atoms with Gasteiger partial charge >= 0.3 is 5.97 Å². The first-order chi connectivity index (χ1) is 14.1. The molecular weight excluding hydrogens is 358 g/mol.